The predicted octanol–water partition coefficient (Wildman–Crippen LogP) is 1.82. The fourth-order valence-corrected chi connectivity index (χ4v) is 1.48. The summed E-state index contributed by atoms with van der Waals surface area (Å²) in [5.41, 5.74) is 6.33. The number of nitrogen functional groups attached to an aromatic ring is 1. The van der Waals surface area contributed by atoms with E-state index in [9.17, 15) is 0 Å². The van der Waals surface area contributed by atoms with Crippen LogP contribution in [0.15, 0.2) is 30.6 Å². The summed E-state index contributed by atoms with van der Waals surface area (Å²) in [7, 11) is 3.19. The molecule has 0 atom stereocenters. The summed E-state index contributed by atoms with van der Waals surface area (Å²) in [5, 5.41) is 3.08. The van der Waals surface area contributed by atoms with Crippen molar-refractivity contribution in [3.63, 3.8) is 0 Å². The number of nitrogens with one attached hydrogen (secondary N) is 1. The summed E-state index contributed by atoms with van der Waals surface area (Å²) in [6.07, 6.45) is 3.07. The summed E-state index contributed by atoms with van der Waals surface area (Å²) >= 11 is 0. The molecule has 0 aliphatic heterocycles. The monoisotopic (exact) mass is 246 g/mol. The molecule has 1 heterocycles. The number of aromatic nitrogens is 2. The maximum atomic E-state index is 5.56. The highest BCUT2D eigenvalue weighted by atomic mass is 16.5. The zero-order valence-corrected chi connectivity index (χ0v) is 10.2. The quantitative estimate of drug-likeness (QED) is 0.856. The molecule has 1 aromatic heterocycles. The Bertz CT molecular complexity index is 545. The molecule has 0 aliphatic rings. The molecule has 2 rings (SSSR count). The van der Waals surface area contributed by atoms with E-state index in [1.54, 1.807) is 26.5 Å². The Balaban J connectivity index is 2.28. The second-order valence-electron chi connectivity index (χ2n) is 3.52. The number of nitrogens with two attached hydrogens (primary N) is 1. The van der Waals surface area contributed by atoms with E-state index in [0.29, 0.717) is 17.4 Å². The Kier molecular flexibility index (Phi) is 3.47. The highest BCUT2D eigenvalue weighted by molar-refractivity contribution is 5.65. The third-order valence-electron chi connectivity index (χ3n) is 2.32. The first kappa shape index (κ1) is 12.0. The van der Waals surface area contributed by atoms with Gasteiger partial charge in [0, 0.05) is 6.07 Å². The minimum Gasteiger partial charge on any atom is -0.497 e. The molecule has 3 N–H and O–H groups in total. The van der Waals surface area contributed by atoms with Crippen LogP contribution >= 0.6 is 0 Å². The van der Waals surface area contributed by atoms with Crippen molar-refractivity contribution >= 4 is 17.3 Å². The van der Waals surface area contributed by atoms with Crippen molar-refractivity contribution < 1.29 is 9.47 Å². The lowest BCUT2D eigenvalue weighted by molar-refractivity contribution is 0.395. The lowest BCUT2D eigenvalue weighted by atomic mass is 10.2. The van der Waals surface area contributed by atoms with Crippen LogP contribution in [0.5, 0.6) is 11.5 Å². The predicted molar refractivity (Wildman–Crippen MR) is 69.3 cm³/mol. The molecular formula is C12H14N4O2. The first-order chi connectivity index (χ1) is 8.72. The van der Waals surface area contributed by atoms with E-state index >= 15 is 0 Å². The molecule has 1 aromatic carbocycles. The van der Waals surface area contributed by atoms with Gasteiger partial charge in [-0.15, -0.1) is 0 Å². The Morgan fingerprint density at radius 1 is 1.17 bits per heavy atom. The second-order valence-corrected chi connectivity index (χ2v) is 3.52. The molecule has 2 aromatic rings. The van der Waals surface area contributed by atoms with Crippen LogP contribution in [0.25, 0.3) is 0 Å². The van der Waals surface area contributed by atoms with E-state index in [-0.39, 0.29) is 0 Å². The van der Waals surface area contributed by atoms with Crippen LogP contribution in [-0.4, -0.2) is 24.2 Å². The third-order valence-corrected chi connectivity index (χ3v) is 2.32. The van der Waals surface area contributed by atoms with Crippen LogP contribution < -0.4 is 20.5 Å². The number of rotatable bonds is 4. The first-order valence-electron chi connectivity index (χ1n) is 5.29. The minimum atomic E-state index is 0.354. The lowest BCUT2D eigenvalue weighted by Crippen LogP contribution is -2.00. The van der Waals surface area contributed by atoms with Gasteiger partial charge < -0.3 is 20.5 Å². The maximum absolute atomic E-state index is 5.56. The van der Waals surface area contributed by atoms with Crippen LogP contribution in [0.3, 0.4) is 0 Å². The molecule has 0 saturated heterocycles. The van der Waals surface area contributed by atoms with E-state index in [0.717, 1.165) is 11.4 Å². The van der Waals surface area contributed by atoms with Crippen molar-refractivity contribution in [3.05, 3.63) is 30.6 Å². The summed E-state index contributed by atoms with van der Waals surface area (Å²) in [4.78, 5) is 8.06. The Morgan fingerprint density at radius 2 is 2.00 bits per heavy atom. The molecular weight excluding hydrogens is 232 g/mol. The number of ether oxygens (including phenoxy) is 2. The van der Waals surface area contributed by atoms with Crippen LogP contribution in [-0.2, 0) is 0 Å². The van der Waals surface area contributed by atoms with Gasteiger partial charge in [-0.2, -0.15) is 0 Å². The normalized spacial score (nSPS) is 9.89. The van der Waals surface area contributed by atoms with Crippen molar-refractivity contribution in [1.82, 2.24) is 9.97 Å². The van der Waals surface area contributed by atoms with Crippen LogP contribution in [0.1, 0.15) is 0 Å². The zero-order valence-electron chi connectivity index (χ0n) is 10.2. The van der Waals surface area contributed by atoms with Gasteiger partial charge in [0.2, 0.25) is 0 Å². The van der Waals surface area contributed by atoms with E-state index < -0.39 is 0 Å². The molecule has 18 heavy (non-hydrogen) atoms. The van der Waals surface area contributed by atoms with Gasteiger partial charge in [-0.1, -0.05) is 0 Å². The highest BCUT2D eigenvalue weighted by Crippen LogP contribution is 2.30. The van der Waals surface area contributed by atoms with Crippen molar-refractivity contribution in [3.8, 4) is 11.5 Å². The fourth-order valence-electron chi connectivity index (χ4n) is 1.48. The summed E-state index contributed by atoms with van der Waals surface area (Å²) < 4.78 is 10.4. The molecule has 0 spiro atoms. The van der Waals surface area contributed by atoms with Crippen molar-refractivity contribution in [2.24, 2.45) is 0 Å². The van der Waals surface area contributed by atoms with Gasteiger partial charge in [0.05, 0.1) is 32.3 Å². The van der Waals surface area contributed by atoms with E-state index in [2.05, 4.69) is 15.3 Å². The number of benzene rings is 1. The van der Waals surface area contributed by atoms with Gasteiger partial charge >= 0.3 is 0 Å². The lowest BCUT2D eigenvalue weighted by Gasteiger charge is -2.11. The van der Waals surface area contributed by atoms with Gasteiger partial charge in [0.15, 0.2) is 5.82 Å². The molecule has 6 heteroatoms. The van der Waals surface area contributed by atoms with Crippen molar-refractivity contribution in [1.29, 1.82) is 0 Å². The summed E-state index contributed by atoms with van der Waals surface area (Å²) in [6.45, 7) is 0. The molecule has 0 saturated carbocycles. The van der Waals surface area contributed by atoms with Gasteiger partial charge in [0.1, 0.15) is 17.3 Å². The van der Waals surface area contributed by atoms with E-state index in [1.165, 1.54) is 6.20 Å². The van der Waals surface area contributed by atoms with Crippen LogP contribution in [0, 0.1) is 0 Å². The standard InChI is InChI=1S/C12H14N4O2/c1-17-8-3-4-9(10(5-8)18-2)15-12-7-14-6-11(13)16-12/h3-7H,1-2H3,(H3,13,15,16). The maximum Gasteiger partial charge on any atom is 0.151 e. The number of hydrogen-bond donors (Lipinski definition) is 2. The third kappa shape index (κ3) is 2.60. The molecule has 94 valence electrons. The SMILES string of the molecule is COc1ccc(Nc2cncc(N)n2)c(OC)c1. The van der Waals surface area contributed by atoms with Gasteiger partial charge in [-0.25, -0.2) is 4.98 Å². The zero-order chi connectivity index (χ0) is 13.0. The number of nitrogens with zero attached hydrogens (tertiary/aromatic N) is 2. The smallest absolute Gasteiger partial charge is 0.151 e. The minimum absolute atomic E-state index is 0.354. The van der Waals surface area contributed by atoms with Crippen molar-refractivity contribution in [2.45, 2.75) is 0 Å². The Labute approximate surface area is 105 Å². The van der Waals surface area contributed by atoms with Crippen LogP contribution in [0.4, 0.5) is 17.3 Å². The summed E-state index contributed by atoms with van der Waals surface area (Å²) in [5.74, 6) is 2.28. The highest BCUT2D eigenvalue weighted by Gasteiger charge is 2.06. The van der Waals surface area contributed by atoms with Crippen molar-refractivity contribution in [2.75, 3.05) is 25.3 Å². The molecule has 0 amide bonds. The second kappa shape index (κ2) is 5.22. The molecule has 0 bridgehead atoms. The number of anilines is 3. The fraction of sp³-hybridized carbons (Fsp3) is 0.167. The molecule has 0 fully saturated rings. The number of methoxy groups -OCH3 is 2. The van der Waals surface area contributed by atoms with E-state index in [4.69, 9.17) is 15.2 Å². The summed E-state index contributed by atoms with van der Waals surface area (Å²) in [6, 6.07) is 5.44. The van der Waals surface area contributed by atoms with Gasteiger partial charge in [0.25, 0.3) is 0 Å². The van der Waals surface area contributed by atoms with Gasteiger partial charge in [-0.05, 0) is 12.1 Å². The molecule has 0 unspecified atom stereocenters. The first-order valence-corrected chi connectivity index (χ1v) is 5.29. The van der Waals surface area contributed by atoms with Gasteiger partial charge in [-0.3, -0.25) is 4.98 Å². The average Bonchev–Trinajstić information content (AvgIpc) is 2.39. The topological polar surface area (TPSA) is 82.3 Å². The number of hydrogen-bond acceptors (Lipinski definition) is 6. The van der Waals surface area contributed by atoms with Crippen LogP contribution in [0.2, 0.25) is 0 Å². The van der Waals surface area contributed by atoms with E-state index in [1.807, 2.05) is 12.1 Å². The molecule has 6 nitrogen and oxygen atoms in total. The Morgan fingerprint density at radius 3 is 2.67 bits per heavy atom. The largest absolute Gasteiger partial charge is 0.497 e. The molecule has 0 radical (unpaired) electrons. The Hall–Kier alpha value is -2.50. The molecule has 0 aliphatic carbocycles. The average molecular weight is 246 g/mol.